The van der Waals surface area contributed by atoms with E-state index in [1.165, 1.54) is 11.9 Å². The van der Waals surface area contributed by atoms with Crippen LogP contribution in [0.3, 0.4) is 0 Å². The summed E-state index contributed by atoms with van der Waals surface area (Å²) in [5.41, 5.74) is 4.41. The van der Waals surface area contributed by atoms with E-state index in [4.69, 9.17) is 4.74 Å². The van der Waals surface area contributed by atoms with Crippen LogP contribution in [0.1, 0.15) is 31.7 Å². The number of carbonyl (C=O) groups is 1. The number of carbonyl (C=O) groups excluding carboxylic acids is 1. The van der Waals surface area contributed by atoms with E-state index in [1.54, 1.807) is 0 Å². The van der Waals surface area contributed by atoms with E-state index in [0.29, 0.717) is 23.2 Å². The fraction of sp³-hybridized carbons (Fsp3) is 0.296. The van der Waals surface area contributed by atoms with Crippen LogP contribution in [0, 0.1) is 17.8 Å². The monoisotopic (exact) mass is 510 g/mol. The van der Waals surface area contributed by atoms with E-state index in [0.717, 1.165) is 42.4 Å². The van der Waals surface area contributed by atoms with E-state index in [1.807, 2.05) is 18.2 Å². The number of imidazole rings is 1. The molecule has 0 radical (unpaired) electrons. The average molecular weight is 511 g/mol. The number of rotatable bonds is 6. The molecule has 0 amide bonds. The molecule has 192 valence electrons. The summed E-state index contributed by atoms with van der Waals surface area (Å²) in [5.74, 6) is 0.919. The Morgan fingerprint density at radius 1 is 1.05 bits per heavy atom. The van der Waals surface area contributed by atoms with E-state index in [2.05, 4.69) is 78.0 Å². The Kier molecular flexibility index (Phi) is 6.24. The highest BCUT2D eigenvalue weighted by atomic mass is 16.5. The van der Waals surface area contributed by atoms with Gasteiger partial charge in [0.25, 0.3) is 11.4 Å². The number of benzene rings is 2. The quantitative estimate of drug-likeness (QED) is 0.292. The molecular formula is C27H26N8O3. The number of hydrogen-bond donors (Lipinski definition) is 3. The highest BCUT2D eigenvalue weighted by molar-refractivity contribution is 5.83. The third-order valence-corrected chi connectivity index (χ3v) is 7.48. The van der Waals surface area contributed by atoms with Gasteiger partial charge in [-0.25, -0.2) is 10.1 Å². The second-order valence-corrected chi connectivity index (χ2v) is 9.83. The molecule has 3 heterocycles. The molecule has 3 aromatic heterocycles. The predicted molar refractivity (Wildman–Crippen MR) is 139 cm³/mol. The molecule has 5 aromatic rings. The minimum Gasteiger partial charge on any atom is -0.403 e. The molecule has 6 rings (SSSR count). The topological polar surface area (TPSA) is 155 Å². The molecule has 3 unspecified atom stereocenters. The van der Waals surface area contributed by atoms with Crippen LogP contribution in [0.4, 0.5) is 0 Å². The molecule has 2 aromatic carbocycles. The Bertz CT molecular complexity index is 1620. The van der Waals surface area contributed by atoms with Crippen LogP contribution >= 0.6 is 0 Å². The fourth-order valence-corrected chi connectivity index (χ4v) is 5.40. The summed E-state index contributed by atoms with van der Waals surface area (Å²) in [7, 11) is 0. The summed E-state index contributed by atoms with van der Waals surface area (Å²) >= 11 is 0. The van der Waals surface area contributed by atoms with Gasteiger partial charge in [0.05, 0.1) is 12.2 Å². The number of tetrazole rings is 1. The zero-order valence-electron chi connectivity index (χ0n) is 20.7. The zero-order chi connectivity index (χ0) is 26.1. The first kappa shape index (κ1) is 23.7. The molecule has 1 aliphatic carbocycles. The van der Waals surface area contributed by atoms with E-state index >= 15 is 0 Å². The van der Waals surface area contributed by atoms with Crippen LogP contribution in [0.25, 0.3) is 33.5 Å². The van der Waals surface area contributed by atoms with Gasteiger partial charge in [0.2, 0.25) is 5.82 Å². The van der Waals surface area contributed by atoms with Crippen LogP contribution in [0.2, 0.25) is 0 Å². The van der Waals surface area contributed by atoms with Crippen LogP contribution in [0.5, 0.6) is 5.88 Å². The molecule has 0 spiro atoms. The first-order valence-electron chi connectivity index (χ1n) is 12.6. The van der Waals surface area contributed by atoms with Crippen molar-refractivity contribution in [3.8, 4) is 28.4 Å². The zero-order valence-corrected chi connectivity index (χ0v) is 20.7. The van der Waals surface area contributed by atoms with Crippen molar-refractivity contribution in [1.29, 1.82) is 0 Å². The fourth-order valence-electron chi connectivity index (χ4n) is 5.40. The number of esters is 1. The standard InChI is InChI=1S/C27H26N8O3/c1-15-12-19(27(37)38-26-23-22(28-14-29-23)25(36)32-33-26)11-10-18(15)13-16-6-8-17(9-7-16)20-4-2-3-5-21(20)24-30-34-35-31-24/h2-9,14-15,18-19H,10-13H2,1H3,(H,28,29)(H,32,36)(H,30,31,34,35). The second-order valence-electron chi connectivity index (χ2n) is 9.83. The lowest BCUT2D eigenvalue weighted by Crippen LogP contribution is -2.31. The first-order valence-corrected chi connectivity index (χ1v) is 12.6. The van der Waals surface area contributed by atoms with Crippen molar-refractivity contribution in [3.63, 3.8) is 0 Å². The molecule has 3 atom stereocenters. The molecule has 1 aliphatic rings. The number of H-pyrrole nitrogens is 3. The maximum absolute atomic E-state index is 12.9. The van der Waals surface area contributed by atoms with Crippen LogP contribution in [0.15, 0.2) is 59.7 Å². The van der Waals surface area contributed by atoms with Gasteiger partial charge in [0.1, 0.15) is 5.52 Å². The molecule has 11 heteroatoms. The summed E-state index contributed by atoms with van der Waals surface area (Å²) in [6.45, 7) is 2.20. The Hall–Kier alpha value is -4.67. The van der Waals surface area contributed by atoms with Gasteiger partial charge in [-0.1, -0.05) is 55.5 Å². The third-order valence-electron chi connectivity index (χ3n) is 7.48. The number of aromatic amines is 3. The molecule has 0 bridgehead atoms. The highest BCUT2D eigenvalue weighted by Crippen LogP contribution is 2.37. The van der Waals surface area contributed by atoms with Crippen LogP contribution in [-0.4, -0.2) is 46.8 Å². The smallest absolute Gasteiger partial charge is 0.315 e. The SMILES string of the molecule is CC1CC(C(=O)Oc2n[nH]c(=O)c3nc[nH]c23)CCC1Cc1ccc(-c2ccccc2-c2nn[nH]n2)cc1. The molecule has 1 fully saturated rings. The summed E-state index contributed by atoms with van der Waals surface area (Å²) < 4.78 is 5.57. The van der Waals surface area contributed by atoms with Crippen molar-refractivity contribution in [1.82, 2.24) is 40.8 Å². The van der Waals surface area contributed by atoms with E-state index in [-0.39, 0.29) is 23.3 Å². The highest BCUT2D eigenvalue weighted by Gasteiger charge is 2.33. The largest absolute Gasteiger partial charge is 0.403 e. The van der Waals surface area contributed by atoms with Gasteiger partial charge in [-0.2, -0.15) is 5.21 Å². The Balaban J connectivity index is 1.09. The van der Waals surface area contributed by atoms with Gasteiger partial charge < -0.3 is 9.72 Å². The maximum atomic E-state index is 12.9. The summed E-state index contributed by atoms with van der Waals surface area (Å²) in [5, 5.41) is 20.7. The van der Waals surface area contributed by atoms with Crippen molar-refractivity contribution in [3.05, 3.63) is 70.8 Å². The molecule has 3 N–H and O–H groups in total. The lowest BCUT2D eigenvalue weighted by molar-refractivity contribution is -0.141. The lowest BCUT2D eigenvalue weighted by atomic mass is 9.72. The van der Waals surface area contributed by atoms with Gasteiger partial charge in [-0.15, -0.1) is 15.3 Å². The molecule has 0 aliphatic heterocycles. The van der Waals surface area contributed by atoms with Gasteiger partial charge in [-0.3, -0.25) is 9.59 Å². The molecule has 38 heavy (non-hydrogen) atoms. The first-order chi connectivity index (χ1) is 18.6. The van der Waals surface area contributed by atoms with Crippen molar-refractivity contribution < 1.29 is 9.53 Å². The number of hydrogen-bond acceptors (Lipinski definition) is 8. The molecule has 11 nitrogen and oxygen atoms in total. The van der Waals surface area contributed by atoms with E-state index < -0.39 is 5.56 Å². The molecule has 0 saturated heterocycles. The second kappa shape index (κ2) is 10.0. The number of nitrogens with zero attached hydrogens (tertiary/aromatic N) is 5. The van der Waals surface area contributed by atoms with Crippen molar-refractivity contribution in [2.45, 2.75) is 32.6 Å². The van der Waals surface area contributed by atoms with Crippen molar-refractivity contribution in [2.75, 3.05) is 0 Å². The Morgan fingerprint density at radius 2 is 1.87 bits per heavy atom. The Morgan fingerprint density at radius 3 is 2.63 bits per heavy atom. The van der Waals surface area contributed by atoms with Crippen LogP contribution in [-0.2, 0) is 11.2 Å². The number of aromatic nitrogens is 8. The van der Waals surface area contributed by atoms with Gasteiger partial charge in [-0.05, 0) is 59.4 Å². The number of ether oxygens (including phenoxy) is 1. The van der Waals surface area contributed by atoms with Gasteiger partial charge in [0.15, 0.2) is 5.52 Å². The van der Waals surface area contributed by atoms with Gasteiger partial charge >= 0.3 is 5.97 Å². The number of fused-ring (bicyclic) bond motifs is 1. The van der Waals surface area contributed by atoms with E-state index in [9.17, 15) is 9.59 Å². The molecular weight excluding hydrogens is 484 g/mol. The Labute approximate surface area is 217 Å². The van der Waals surface area contributed by atoms with Crippen molar-refractivity contribution >= 4 is 17.0 Å². The maximum Gasteiger partial charge on any atom is 0.315 e. The summed E-state index contributed by atoms with van der Waals surface area (Å²) in [6.07, 6.45) is 4.76. The third kappa shape index (κ3) is 4.58. The number of nitrogens with one attached hydrogen (secondary N) is 3. The summed E-state index contributed by atoms with van der Waals surface area (Å²) in [6, 6.07) is 16.6. The van der Waals surface area contributed by atoms with Gasteiger partial charge in [0, 0.05) is 5.56 Å². The molecule has 1 saturated carbocycles. The van der Waals surface area contributed by atoms with Crippen LogP contribution < -0.4 is 10.3 Å². The normalized spacial score (nSPS) is 19.4. The minimum absolute atomic E-state index is 0.0536. The average Bonchev–Trinajstić information content (AvgIpc) is 3.65. The van der Waals surface area contributed by atoms with Crippen molar-refractivity contribution in [2.24, 2.45) is 17.8 Å². The lowest BCUT2D eigenvalue weighted by Gasteiger charge is -2.33. The minimum atomic E-state index is -0.431. The summed E-state index contributed by atoms with van der Waals surface area (Å²) in [4.78, 5) is 31.5. The predicted octanol–water partition coefficient (Wildman–Crippen LogP) is 3.69.